The van der Waals surface area contributed by atoms with Crippen molar-refractivity contribution in [2.45, 2.75) is 26.8 Å². The van der Waals surface area contributed by atoms with E-state index < -0.39 is 0 Å². The molecule has 0 aliphatic carbocycles. The quantitative estimate of drug-likeness (QED) is 0.794. The Labute approximate surface area is 118 Å². The van der Waals surface area contributed by atoms with Crippen molar-refractivity contribution in [3.8, 4) is 0 Å². The zero-order valence-corrected chi connectivity index (χ0v) is 11.8. The molecule has 0 radical (unpaired) electrons. The summed E-state index contributed by atoms with van der Waals surface area (Å²) in [5.41, 5.74) is 3.55. The largest absolute Gasteiger partial charge is 0.462 e. The van der Waals surface area contributed by atoms with Crippen LogP contribution in [0.15, 0.2) is 30.6 Å². The number of anilines is 1. The lowest BCUT2D eigenvalue weighted by Gasteiger charge is -2.07. The molecular formula is C15H19N3O2. The van der Waals surface area contributed by atoms with Crippen molar-refractivity contribution in [1.29, 1.82) is 0 Å². The Morgan fingerprint density at radius 3 is 2.70 bits per heavy atom. The highest BCUT2D eigenvalue weighted by molar-refractivity contribution is 5.89. The number of H-pyrrole nitrogens is 1. The summed E-state index contributed by atoms with van der Waals surface area (Å²) < 4.78 is 5.08. The Balaban J connectivity index is 1.91. The van der Waals surface area contributed by atoms with Gasteiger partial charge in [-0.05, 0) is 37.6 Å². The van der Waals surface area contributed by atoms with Crippen LogP contribution in [-0.2, 0) is 11.3 Å². The summed E-state index contributed by atoms with van der Waals surface area (Å²) in [6.07, 6.45) is 2.51. The Kier molecular flexibility index (Phi) is 4.76. The molecule has 0 aliphatic heterocycles. The van der Waals surface area contributed by atoms with Gasteiger partial charge in [0.05, 0.1) is 30.7 Å². The minimum absolute atomic E-state index is 0.276. The summed E-state index contributed by atoms with van der Waals surface area (Å²) in [7, 11) is 0. The van der Waals surface area contributed by atoms with Gasteiger partial charge in [-0.3, -0.25) is 0 Å². The first-order chi connectivity index (χ1) is 9.70. The fraction of sp³-hybridized carbons (Fsp3) is 0.333. The van der Waals surface area contributed by atoms with Crippen molar-refractivity contribution in [3.05, 3.63) is 47.5 Å². The molecule has 0 saturated carbocycles. The molecule has 0 aliphatic rings. The van der Waals surface area contributed by atoms with E-state index in [0.717, 1.165) is 23.5 Å². The number of aromatic amines is 1. The van der Waals surface area contributed by atoms with E-state index in [2.05, 4.69) is 15.3 Å². The van der Waals surface area contributed by atoms with Gasteiger partial charge >= 0.3 is 5.97 Å². The van der Waals surface area contributed by atoms with E-state index in [1.54, 1.807) is 18.5 Å². The first-order valence-corrected chi connectivity index (χ1v) is 6.70. The number of imidazole rings is 1. The van der Waals surface area contributed by atoms with E-state index in [0.29, 0.717) is 18.7 Å². The number of hydrogen-bond donors (Lipinski definition) is 2. The smallest absolute Gasteiger partial charge is 0.338 e. The summed E-state index contributed by atoms with van der Waals surface area (Å²) in [4.78, 5) is 18.9. The highest BCUT2D eigenvalue weighted by Gasteiger charge is 2.06. The lowest BCUT2D eigenvalue weighted by Crippen LogP contribution is -2.06. The molecule has 1 aromatic heterocycles. The van der Waals surface area contributed by atoms with E-state index >= 15 is 0 Å². The fourth-order valence-electron chi connectivity index (χ4n) is 1.75. The van der Waals surface area contributed by atoms with E-state index in [-0.39, 0.29) is 5.97 Å². The van der Waals surface area contributed by atoms with Gasteiger partial charge in [-0.2, -0.15) is 0 Å². The van der Waals surface area contributed by atoms with E-state index in [4.69, 9.17) is 4.74 Å². The molecule has 106 valence electrons. The van der Waals surface area contributed by atoms with Crippen molar-refractivity contribution in [2.75, 3.05) is 11.9 Å². The molecule has 20 heavy (non-hydrogen) atoms. The van der Waals surface area contributed by atoms with Crippen molar-refractivity contribution in [3.63, 3.8) is 0 Å². The Bertz CT molecular complexity index is 561. The summed E-state index contributed by atoms with van der Waals surface area (Å²) in [5, 5.41) is 3.26. The summed E-state index contributed by atoms with van der Waals surface area (Å²) in [6, 6.07) is 7.25. The Hall–Kier alpha value is -2.30. The standard InChI is InChI=1S/C15H19N3O2/c1-3-8-20-15(19)12-4-6-13(7-5-12)16-9-14-11(2)17-10-18-14/h4-7,10,16H,3,8-9H2,1-2H3,(H,17,18). The van der Waals surface area contributed by atoms with E-state index in [1.165, 1.54) is 0 Å². The number of carbonyl (C=O) groups excluding carboxylic acids is 1. The number of rotatable bonds is 6. The molecule has 1 heterocycles. The topological polar surface area (TPSA) is 67.0 Å². The van der Waals surface area contributed by atoms with Crippen LogP contribution in [0.3, 0.4) is 0 Å². The predicted molar refractivity (Wildman–Crippen MR) is 77.7 cm³/mol. The van der Waals surface area contributed by atoms with Crippen LogP contribution in [-0.4, -0.2) is 22.5 Å². The molecule has 5 nitrogen and oxygen atoms in total. The molecule has 1 aromatic carbocycles. The highest BCUT2D eigenvalue weighted by Crippen LogP contribution is 2.12. The van der Waals surface area contributed by atoms with Gasteiger partial charge in [-0.1, -0.05) is 6.92 Å². The molecule has 2 rings (SSSR count). The second-order valence-corrected chi connectivity index (χ2v) is 4.54. The second-order valence-electron chi connectivity index (χ2n) is 4.54. The lowest BCUT2D eigenvalue weighted by molar-refractivity contribution is 0.0505. The number of nitrogens with one attached hydrogen (secondary N) is 2. The van der Waals surface area contributed by atoms with Gasteiger partial charge in [-0.25, -0.2) is 9.78 Å². The number of ether oxygens (including phenoxy) is 1. The van der Waals surface area contributed by atoms with Gasteiger partial charge in [0.15, 0.2) is 0 Å². The molecule has 0 fully saturated rings. The zero-order chi connectivity index (χ0) is 14.4. The van der Waals surface area contributed by atoms with Gasteiger partial charge in [0.2, 0.25) is 0 Å². The summed E-state index contributed by atoms with van der Waals surface area (Å²) in [5.74, 6) is -0.276. The summed E-state index contributed by atoms with van der Waals surface area (Å²) >= 11 is 0. The maximum absolute atomic E-state index is 11.6. The number of aryl methyl sites for hydroxylation is 1. The van der Waals surface area contributed by atoms with Gasteiger partial charge in [-0.15, -0.1) is 0 Å². The molecule has 0 bridgehead atoms. The molecule has 0 atom stereocenters. The van der Waals surface area contributed by atoms with E-state index in [1.807, 2.05) is 26.0 Å². The van der Waals surface area contributed by atoms with Gasteiger partial charge < -0.3 is 15.0 Å². The molecule has 0 unspecified atom stereocenters. The Morgan fingerprint density at radius 1 is 1.35 bits per heavy atom. The first kappa shape index (κ1) is 14.1. The SMILES string of the molecule is CCCOC(=O)c1ccc(NCc2nc[nH]c2C)cc1. The molecular weight excluding hydrogens is 254 g/mol. The summed E-state index contributed by atoms with van der Waals surface area (Å²) in [6.45, 7) is 5.06. The average molecular weight is 273 g/mol. The maximum atomic E-state index is 11.6. The van der Waals surface area contributed by atoms with Gasteiger partial charge in [0.25, 0.3) is 0 Å². The highest BCUT2D eigenvalue weighted by atomic mass is 16.5. The molecule has 2 N–H and O–H groups in total. The number of aromatic nitrogens is 2. The monoisotopic (exact) mass is 273 g/mol. The van der Waals surface area contributed by atoms with Crippen LogP contribution in [0.1, 0.15) is 35.1 Å². The third kappa shape index (κ3) is 3.60. The first-order valence-electron chi connectivity index (χ1n) is 6.70. The second kappa shape index (κ2) is 6.75. The molecule has 2 aromatic rings. The zero-order valence-electron chi connectivity index (χ0n) is 11.8. The van der Waals surface area contributed by atoms with Crippen LogP contribution in [0.2, 0.25) is 0 Å². The molecule has 0 saturated heterocycles. The number of nitrogens with zero attached hydrogens (tertiary/aromatic N) is 1. The normalized spacial score (nSPS) is 10.3. The number of hydrogen-bond acceptors (Lipinski definition) is 4. The Morgan fingerprint density at radius 2 is 2.10 bits per heavy atom. The van der Waals surface area contributed by atoms with Crippen molar-refractivity contribution < 1.29 is 9.53 Å². The van der Waals surface area contributed by atoms with Gasteiger partial charge in [0.1, 0.15) is 0 Å². The fourth-order valence-corrected chi connectivity index (χ4v) is 1.75. The van der Waals surface area contributed by atoms with Crippen LogP contribution in [0, 0.1) is 6.92 Å². The average Bonchev–Trinajstić information content (AvgIpc) is 2.88. The van der Waals surface area contributed by atoms with Gasteiger partial charge in [0, 0.05) is 11.4 Å². The van der Waals surface area contributed by atoms with Crippen molar-refractivity contribution in [2.24, 2.45) is 0 Å². The maximum Gasteiger partial charge on any atom is 0.338 e. The van der Waals surface area contributed by atoms with E-state index in [9.17, 15) is 4.79 Å². The minimum atomic E-state index is -0.276. The molecule has 5 heteroatoms. The third-order valence-corrected chi connectivity index (χ3v) is 2.95. The lowest BCUT2D eigenvalue weighted by atomic mass is 10.2. The van der Waals surface area contributed by atoms with Crippen LogP contribution < -0.4 is 5.32 Å². The van der Waals surface area contributed by atoms with Crippen LogP contribution in [0.25, 0.3) is 0 Å². The van der Waals surface area contributed by atoms with Crippen molar-refractivity contribution in [1.82, 2.24) is 9.97 Å². The number of carbonyl (C=O) groups is 1. The van der Waals surface area contributed by atoms with Crippen LogP contribution in [0.4, 0.5) is 5.69 Å². The predicted octanol–water partition coefficient (Wildman–Crippen LogP) is 2.90. The van der Waals surface area contributed by atoms with Crippen molar-refractivity contribution >= 4 is 11.7 Å². The van der Waals surface area contributed by atoms with Crippen LogP contribution >= 0.6 is 0 Å². The minimum Gasteiger partial charge on any atom is -0.462 e. The third-order valence-electron chi connectivity index (χ3n) is 2.95. The molecule has 0 spiro atoms. The van der Waals surface area contributed by atoms with Crippen LogP contribution in [0.5, 0.6) is 0 Å². The number of esters is 1. The number of benzene rings is 1. The molecule has 0 amide bonds.